The highest BCUT2D eigenvalue weighted by Gasteiger charge is 2.18. The molecule has 0 aliphatic carbocycles. The van der Waals surface area contributed by atoms with E-state index in [-0.39, 0.29) is 16.9 Å². The third kappa shape index (κ3) is 4.16. The molecule has 2 unspecified atom stereocenters. The van der Waals surface area contributed by atoms with E-state index in [4.69, 9.17) is 11.6 Å². The largest absolute Gasteiger partial charge is 0.310 e. The molecule has 1 fully saturated rings. The molecule has 0 radical (unpaired) electrons. The lowest BCUT2D eigenvalue weighted by atomic mass is 9.97. The molecule has 0 amide bonds. The highest BCUT2D eigenvalue weighted by Crippen LogP contribution is 2.21. The van der Waals surface area contributed by atoms with Gasteiger partial charge in [-0.15, -0.1) is 0 Å². The van der Waals surface area contributed by atoms with Crippen molar-refractivity contribution in [2.75, 3.05) is 26.7 Å². The number of benzene rings is 1. The molecule has 19 heavy (non-hydrogen) atoms. The Morgan fingerprint density at radius 3 is 3.00 bits per heavy atom. The molecule has 0 aromatic heterocycles. The monoisotopic (exact) mass is 284 g/mol. The van der Waals surface area contributed by atoms with Crippen molar-refractivity contribution in [2.45, 2.75) is 25.8 Å². The van der Waals surface area contributed by atoms with Crippen LogP contribution in [-0.4, -0.2) is 31.6 Å². The standard InChI is InChI=1S/C15H22ClFN2/c1-11(13-5-6-14(16)15(17)8-13)18-9-12-4-3-7-19(2)10-12/h5-6,8,11-12,18H,3-4,7,9-10H2,1-2H3. The fourth-order valence-corrected chi connectivity index (χ4v) is 2.80. The number of nitrogens with one attached hydrogen (secondary N) is 1. The Balaban J connectivity index is 1.86. The molecule has 1 aromatic carbocycles. The van der Waals surface area contributed by atoms with Gasteiger partial charge in [0.15, 0.2) is 0 Å². The van der Waals surface area contributed by atoms with Crippen molar-refractivity contribution in [3.8, 4) is 0 Å². The van der Waals surface area contributed by atoms with E-state index in [1.165, 1.54) is 25.5 Å². The van der Waals surface area contributed by atoms with Crippen molar-refractivity contribution in [1.29, 1.82) is 0 Å². The van der Waals surface area contributed by atoms with Crippen LogP contribution in [0.25, 0.3) is 0 Å². The fourth-order valence-electron chi connectivity index (χ4n) is 2.68. The summed E-state index contributed by atoms with van der Waals surface area (Å²) in [6.07, 6.45) is 2.55. The molecule has 0 saturated carbocycles. The van der Waals surface area contributed by atoms with Crippen LogP contribution in [0.1, 0.15) is 31.4 Å². The van der Waals surface area contributed by atoms with Crippen LogP contribution in [0.2, 0.25) is 5.02 Å². The SMILES string of the molecule is CC(NCC1CCCN(C)C1)c1ccc(Cl)c(F)c1. The molecule has 1 heterocycles. The van der Waals surface area contributed by atoms with Gasteiger partial charge in [0.25, 0.3) is 0 Å². The molecular weight excluding hydrogens is 263 g/mol. The highest BCUT2D eigenvalue weighted by atomic mass is 35.5. The number of hydrogen-bond donors (Lipinski definition) is 1. The number of piperidine rings is 1. The number of nitrogens with zero attached hydrogens (tertiary/aromatic N) is 1. The summed E-state index contributed by atoms with van der Waals surface area (Å²) in [4.78, 5) is 2.38. The smallest absolute Gasteiger partial charge is 0.142 e. The normalized spacial score (nSPS) is 22.4. The van der Waals surface area contributed by atoms with Gasteiger partial charge in [-0.05, 0) is 63.5 Å². The van der Waals surface area contributed by atoms with Gasteiger partial charge in [0, 0.05) is 12.6 Å². The van der Waals surface area contributed by atoms with Gasteiger partial charge in [0.2, 0.25) is 0 Å². The van der Waals surface area contributed by atoms with Crippen LogP contribution in [0.15, 0.2) is 18.2 Å². The molecule has 1 N–H and O–H groups in total. The van der Waals surface area contributed by atoms with E-state index >= 15 is 0 Å². The number of hydrogen-bond acceptors (Lipinski definition) is 2. The van der Waals surface area contributed by atoms with Crippen LogP contribution < -0.4 is 5.32 Å². The van der Waals surface area contributed by atoms with Crippen LogP contribution in [0.5, 0.6) is 0 Å². The van der Waals surface area contributed by atoms with E-state index in [1.54, 1.807) is 6.07 Å². The van der Waals surface area contributed by atoms with Crippen molar-refractivity contribution >= 4 is 11.6 Å². The van der Waals surface area contributed by atoms with Crippen LogP contribution in [0.3, 0.4) is 0 Å². The van der Waals surface area contributed by atoms with Gasteiger partial charge in [-0.25, -0.2) is 4.39 Å². The van der Waals surface area contributed by atoms with Crippen LogP contribution in [0, 0.1) is 11.7 Å². The second kappa shape index (κ2) is 6.69. The maximum Gasteiger partial charge on any atom is 0.142 e. The van der Waals surface area contributed by atoms with E-state index < -0.39 is 0 Å². The molecule has 0 bridgehead atoms. The van der Waals surface area contributed by atoms with Gasteiger partial charge >= 0.3 is 0 Å². The van der Waals surface area contributed by atoms with Crippen LogP contribution in [0.4, 0.5) is 4.39 Å². The Hall–Kier alpha value is -0.640. The zero-order chi connectivity index (χ0) is 13.8. The predicted octanol–water partition coefficient (Wildman–Crippen LogP) is 3.47. The zero-order valence-electron chi connectivity index (χ0n) is 11.6. The minimum atomic E-state index is -0.342. The Morgan fingerprint density at radius 2 is 2.32 bits per heavy atom. The van der Waals surface area contributed by atoms with Crippen molar-refractivity contribution in [1.82, 2.24) is 10.2 Å². The lowest BCUT2D eigenvalue weighted by molar-refractivity contribution is 0.203. The van der Waals surface area contributed by atoms with Crippen LogP contribution >= 0.6 is 11.6 Å². The van der Waals surface area contributed by atoms with Crippen molar-refractivity contribution in [3.05, 3.63) is 34.6 Å². The first-order valence-corrected chi connectivity index (χ1v) is 7.31. The number of rotatable bonds is 4. The summed E-state index contributed by atoms with van der Waals surface area (Å²) in [6.45, 7) is 5.40. The Bertz CT molecular complexity index is 425. The first kappa shape index (κ1) is 14.8. The maximum atomic E-state index is 13.4. The van der Waals surface area contributed by atoms with Gasteiger partial charge in [0.05, 0.1) is 5.02 Å². The zero-order valence-corrected chi connectivity index (χ0v) is 12.4. The topological polar surface area (TPSA) is 15.3 Å². The predicted molar refractivity (Wildman–Crippen MR) is 78.0 cm³/mol. The van der Waals surface area contributed by atoms with E-state index in [1.807, 2.05) is 6.07 Å². The molecule has 2 rings (SSSR count). The summed E-state index contributed by atoms with van der Waals surface area (Å²) in [5.41, 5.74) is 0.950. The lowest BCUT2D eigenvalue weighted by Gasteiger charge is -2.30. The summed E-state index contributed by atoms with van der Waals surface area (Å²) in [5, 5.41) is 3.68. The first-order valence-electron chi connectivity index (χ1n) is 6.93. The van der Waals surface area contributed by atoms with Gasteiger partial charge in [-0.3, -0.25) is 0 Å². The number of halogens is 2. The molecule has 1 aliphatic heterocycles. The first-order chi connectivity index (χ1) is 9.06. The van der Waals surface area contributed by atoms with Gasteiger partial charge < -0.3 is 10.2 Å². The fraction of sp³-hybridized carbons (Fsp3) is 0.600. The second-order valence-corrected chi connectivity index (χ2v) is 5.98. The molecule has 2 atom stereocenters. The Kier molecular flexibility index (Phi) is 5.20. The highest BCUT2D eigenvalue weighted by molar-refractivity contribution is 6.30. The summed E-state index contributed by atoms with van der Waals surface area (Å²) >= 11 is 5.70. The minimum Gasteiger partial charge on any atom is -0.310 e. The van der Waals surface area contributed by atoms with Gasteiger partial charge in [-0.2, -0.15) is 0 Å². The quantitative estimate of drug-likeness (QED) is 0.911. The minimum absolute atomic E-state index is 0.152. The van der Waals surface area contributed by atoms with Crippen molar-refractivity contribution in [2.24, 2.45) is 5.92 Å². The molecule has 1 aliphatic rings. The Morgan fingerprint density at radius 1 is 1.53 bits per heavy atom. The van der Waals surface area contributed by atoms with E-state index in [2.05, 4.69) is 24.2 Å². The van der Waals surface area contributed by atoms with Gasteiger partial charge in [-0.1, -0.05) is 17.7 Å². The second-order valence-electron chi connectivity index (χ2n) is 5.57. The molecule has 1 saturated heterocycles. The summed E-state index contributed by atoms with van der Waals surface area (Å²) in [6, 6.07) is 5.18. The lowest BCUT2D eigenvalue weighted by Crippen LogP contribution is -2.37. The molecule has 2 nitrogen and oxygen atoms in total. The molecule has 0 spiro atoms. The molecule has 106 valence electrons. The van der Waals surface area contributed by atoms with E-state index in [0.29, 0.717) is 5.92 Å². The maximum absolute atomic E-state index is 13.4. The van der Waals surface area contributed by atoms with Crippen molar-refractivity contribution < 1.29 is 4.39 Å². The van der Waals surface area contributed by atoms with E-state index in [9.17, 15) is 4.39 Å². The summed E-state index contributed by atoms with van der Waals surface area (Å²) in [5.74, 6) is 0.351. The summed E-state index contributed by atoms with van der Waals surface area (Å²) in [7, 11) is 2.17. The van der Waals surface area contributed by atoms with E-state index in [0.717, 1.165) is 18.7 Å². The average Bonchev–Trinajstić information content (AvgIpc) is 2.39. The molecule has 4 heteroatoms. The third-order valence-corrected chi connectivity index (χ3v) is 4.18. The Labute approximate surface area is 119 Å². The number of likely N-dealkylation sites (tertiary alicyclic amines) is 1. The van der Waals surface area contributed by atoms with Gasteiger partial charge in [0.1, 0.15) is 5.82 Å². The molecular formula is C15H22ClFN2. The van der Waals surface area contributed by atoms with Crippen LogP contribution in [-0.2, 0) is 0 Å². The average molecular weight is 285 g/mol. The molecule has 1 aromatic rings. The third-order valence-electron chi connectivity index (χ3n) is 3.88. The van der Waals surface area contributed by atoms with Crippen molar-refractivity contribution in [3.63, 3.8) is 0 Å². The summed E-state index contributed by atoms with van der Waals surface area (Å²) < 4.78 is 13.4.